The van der Waals surface area contributed by atoms with E-state index in [1.165, 1.54) is 18.3 Å². The number of hydrogen-bond donors (Lipinski definition) is 3. The molecule has 1 atom stereocenters. The summed E-state index contributed by atoms with van der Waals surface area (Å²) >= 11 is 0. The minimum Gasteiger partial charge on any atom is -0.481 e. The van der Waals surface area contributed by atoms with Gasteiger partial charge in [-0.2, -0.15) is 0 Å². The average molecular weight is 386 g/mol. The summed E-state index contributed by atoms with van der Waals surface area (Å²) in [6.07, 6.45) is 4.27. The summed E-state index contributed by atoms with van der Waals surface area (Å²) in [5, 5.41) is 14.4. The van der Waals surface area contributed by atoms with Crippen molar-refractivity contribution in [2.45, 2.75) is 25.8 Å². The zero-order valence-corrected chi connectivity index (χ0v) is 15.6. The summed E-state index contributed by atoms with van der Waals surface area (Å²) in [5.41, 5.74) is 1.61. The molecule has 1 unspecified atom stereocenters. The quantitative estimate of drug-likeness (QED) is 0.728. The lowest BCUT2D eigenvalue weighted by molar-refractivity contribution is -0.143. The van der Waals surface area contributed by atoms with Crippen molar-refractivity contribution in [2.24, 2.45) is 5.92 Å². The number of amides is 2. The number of rotatable bonds is 5. The first kappa shape index (κ1) is 19.8. The first-order chi connectivity index (χ1) is 13.4. The minimum absolute atomic E-state index is 0.0904. The summed E-state index contributed by atoms with van der Waals surface area (Å²) < 4.78 is 14.1. The number of carboxylic acid groups (broad SMARTS) is 1. The highest BCUT2D eigenvalue weighted by atomic mass is 19.1. The largest absolute Gasteiger partial charge is 0.481 e. The van der Waals surface area contributed by atoms with Gasteiger partial charge < -0.3 is 15.7 Å². The van der Waals surface area contributed by atoms with Crippen molar-refractivity contribution in [3.63, 3.8) is 0 Å². The van der Waals surface area contributed by atoms with E-state index in [1.54, 1.807) is 24.4 Å². The number of urea groups is 1. The Kier molecular flexibility index (Phi) is 6.20. The number of nitrogens with one attached hydrogen (secondary N) is 2. The van der Waals surface area contributed by atoms with E-state index in [1.807, 2.05) is 6.92 Å². The van der Waals surface area contributed by atoms with Gasteiger partial charge in [0.05, 0.1) is 17.8 Å². The molecule has 3 N–H and O–H groups in total. The molecule has 1 aliphatic rings. The standard InChI is InChI=1S/C20H23FN4O3/c1-13(25-7-4-14(5-8-25)19(26)27)15-9-16(21)11-18(10-15)24-20(28)23-17-3-2-6-22-12-17/h2-3,6,9-14H,4-5,7-8H2,1H3,(H,26,27)(H2,23,24,28). The summed E-state index contributed by atoms with van der Waals surface area (Å²) in [6, 6.07) is 7.26. The predicted octanol–water partition coefficient (Wildman–Crippen LogP) is 3.72. The third-order valence-electron chi connectivity index (χ3n) is 5.01. The Morgan fingerprint density at radius 2 is 1.93 bits per heavy atom. The van der Waals surface area contributed by atoms with Crippen LogP contribution < -0.4 is 10.6 Å². The van der Waals surface area contributed by atoms with E-state index in [0.29, 0.717) is 37.3 Å². The van der Waals surface area contributed by atoms with Gasteiger partial charge in [-0.3, -0.25) is 14.7 Å². The number of benzene rings is 1. The van der Waals surface area contributed by atoms with E-state index in [-0.39, 0.29) is 12.0 Å². The lowest BCUT2D eigenvalue weighted by Gasteiger charge is -2.35. The molecule has 3 rings (SSSR count). The molecule has 7 nitrogen and oxygen atoms in total. The molecule has 2 heterocycles. The van der Waals surface area contributed by atoms with E-state index in [9.17, 15) is 14.0 Å². The Morgan fingerprint density at radius 3 is 2.57 bits per heavy atom. The first-order valence-corrected chi connectivity index (χ1v) is 9.18. The second kappa shape index (κ2) is 8.79. The van der Waals surface area contributed by atoms with Crippen molar-refractivity contribution in [3.8, 4) is 0 Å². The van der Waals surface area contributed by atoms with Gasteiger partial charge in [0.25, 0.3) is 0 Å². The second-order valence-corrected chi connectivity index (χ2v) is 6.92. The van der Waals surface area contributed by atoms with Crippen molar-refractivity contribution in [3.05, 3.63) is 54.1 Å². The minimum atomic E-state index is -0.760. The summed E-state index contributed by atoms with van der Waals surface area (Å²) in [4.78, 5) is 29.3. The highest BCUT2D eigenvalue weighted by molar-refractivity contribution is 5.99. The number of pyridine rings is 1. The van der Waals surface area contributed by atoms with Crippen LogP contribution in [-0.4, -0.2) is 40.1 Å². The van der Waals surface area contributed by atoms with Gasteiger partial charge in [0.15, 0.2) is 0 Å². The third kappa shape index (κ3) is 5.04. The van der Waals surface area contributed by atoms with Crippen LogP contribution in [0.1, 0.15) is 31.4 Å². The summed E-state index contributed by atoms with van der Waals surface area (Å²) in [7, 11) is 0. The molecule has 0 saturated carbocycles. The Hall–Kier alpha value is -3.00. The molecule has 28 heavy (non-hydrogen) atoms. The van der Waals surface area contributed by atoms with Crippen LogP contribution in [0.4, 0.5) is 20.6 Å². The Balaban J connectivity index is 1.65. The smallest absolute Gasteiger partial charge is 0.323 e. The number of piperidine rings is 1. The second-order valence-electron chi connectivity index (χ2n) is 6.92. The number of hydrogen-bond acceptors (Lipinski definition) is 4. The number of carboxylic acids is 1. The van der Waals surface area contributed by atoms with E-state index < -0.39 is 17.8 Å². The molecular weight excluding hydrogens is 363 g/mol. The zero-order chi connectivity index (χ0) is 20.1. The molecule has 0 bridgehead atoms. The van der Waals surface area contributed by atoms with Crippen LogP contribution in [0.2, 0.25) is 0 Å². The van der Waals surface area contributed by atoms with Crippen LogP contribution in [0.5, 0.6) is 0 Å². The topological polar surface area (TPSA) is 94.6 Å². The molecule has 1 fully saturated rings. The van der Waals surface area contributed by atoms with Crippen molar-refractivity contribution in [2.75, 3.05) is 23.7 Å². The Morgan fingerprint density at radius 1 is 1.21 bits per heavy atom. The number of nitrogens with zero attached hydrogens (tertiary/aromatic N) is 2. The summed E-state index contributed by atoms with van der Waals surface area (Å²) in [5.74, 6) is -1.52. The average Bonchev–Trinajstić information content (AvgIpc) is 2.67. The van der Waals surface area contributed by atoms with Crippen LogP contribution in [0, 0.1) is 11.7 Å². The molecule has 1 aromatic heterocycles. The van der Waals surface area contributed by atoms with Gasteiger partial charge in [0.1, 0.15) is 5.82 Å². The highest BCUT2D eigenvalue weighted by Gasteiger charge is 2.27. The van der Waals surface area contributed by atoms with Crippen LogP contribution in [0.3, 0.4) is 0 Å². The number of aliphatic carboxylic acids is 1. The molecule has 148 valence electrons. The van der Waals surface area contributed by atoms with Gasteiger partial charge in [0.2, 0.25) is 0 Å². The van der Waals surface area contributed by atoms with Crippen molar-refractivity contribution < 1.29 is 19.1 Å². The fraction of sp³-hybridized carbons (Fsp3) is 0.350. The van der Waals surface area contributed by atoms with E-state index in [4.69, 9.17) is 5.11 Å². The zero-order valence-electron chi connectivity index (χ0n) is 15.6. The lowest BCUT2D eigenvalue weighted by Crippen LogP contribution is -2.37. The van der Waals surface area contributed by atoms with Crippen LogP contribution in [0.25, 0.3) is 0 Å². The van der Waals surface area contributed by atoms with E-state index in [0.717, 1.165) is 5.56 Å². The molecule has 0 aliphatic carbocycles. The first-order valence-electron chi connectivity index (χ1n) is 9.18. The van der Waals surface area contributed by atoms with Crippen molar-refractivity contribution >= 4 is 23.4 Å². The molecule has 0 radical (unpaired) electrons. The molecule has 0 spiro atoms. The van der Waals surface area contributed by atoms with Crippen molar-refractivity contribution in [1.82, 2.24) is 9.88 Å². The Bertz CT molecular complexity index is 839. The number of likely N-dealkylation sites (tertiary alicyclic amines) is 1. The van der Waals surface area contributed by atoms with Gasteiger partial charge in [-0.1, -0.05) is 0 Å². The van der Waals surface area contributed by atoms with Crippen LogP contribution >= 0.6 is 0 Å². The number of aromatic nitrogens is 1. The maximum Gasteiger partial charge on any atom is 0.323 e. The molecule has 1 saturated heterocycles. The fourth-order valence-electron chi connectivity index (χ4n) is 3.40. The SMILES string of the molecule is CC(c1cc(F)cc(NC(=O)Nc2cccnc2)c1)N1CCC(C(=O)O)CC1. The van der Waals surface area contributed by atoms with Gasteiger partial charge in [-0.05, 0) is 68.8 Å². The third-order valence-corrected chi connectivity index (χ3v) is 5.01. The monoisotopic (exact) mass is 386 g/mol. The van der Waals surface area contributed by atoms with Gasteiger partial charge >= 0.3 is 12.0 Å². The van der Waals surface area contributed by atoms with E-state index in [2.05, 4.69) is 20.5 Å². The predicted molar refractivity (Wildman–Crippen MR) is 104 cm³/mol. The van der Waals surface area contributed by atoms with Crippen molar-refractivity contribution in [1.29, 1.82) is 0 Å². The number of anilines is 2. The number of halogens is 1. The molecule has 8 heteroatoms. The lowest BCUT2D eigenvalue weighted by atomic mass is 9.94. The normalized spacial score (nSPS) is 16.4. The number of carbonyl (C=O) groups excluding carboxylic acids is 1. The van der Waals surface area contributed by atoms with Crippen LogP contribution in [0.15, 0.2) is 42.7 Å². The summed E-state index contributed by atoms with van der Waals surface area (Å²) in [6.45, 7) is 3.23. The molecular formula is C20H23FN4O3. The fourth-order valence-corrected chi connectivity index (χ4v) is 3.40. The maximum atomic E-state index is 14.1. The molecule has 1 aliphatic heterocycles. The Labute approximate surface area is 162 Å². The molecule has 2 aromatic rings. The molecule has 1 aromatic carbocycles. The number of carbonyl (C=O) groups is 2. The van der Waals surface area contributed by atoms with Gasteiger partial charge in [0, 0.05) is 17.9 Å². The van der Waals surface area contributed by atoms with Gasteiger partial charge in [-0.15, -0.1) is 0 Å². The van der Waals surface area contributed by atoms with Gasteiger partial charge in [-0.25, -0.2) is 9.18 Å². The van der Waals surface area contributed by atoms with E-state index >= 15 is 0 Å². The van der Waals surface area contributed by atoms with Crippen LogP contribution in [-0.2, 0) is 4.79 Å². The highest BCUT2D eigenvalue weighted by Crippen LogP contribution is 2.29. The maximum absolute atomic E-state index is 14.1. The molecule has 2 amide bonds.